The van der Waals surface area contributed by atoms with E-state index in [1.54, 1.807) is 30.2 Å². The smallest absolute Gasteiger partial charge is 0.258 e. The van der Waals surface area contributed by atoms with Crippen LogP contribution in [0.2, 0.25) is 0 Å². The van der Waals surface area contributed by atoms with E-state index in [0.717, 1.165) is 31.4 Å². The van der Waals surface area contributed by atoms with Crippen LogP contribution in [-0.2, 0) is 10.0 Å². The van der Waals surface area contributed by atoms with Crippen molar-refractivity contribution >= 4 is 21.6 Å². The number of anilines is 1. The highest BCUT2D eigenvalue weighted by Crippen LogP contribution is 2.27. The molecule has 1 aliphatic carbocycles. The van der Waals surface area contributed by atoms with Crippen LogP contribution >= 0.6 is 0 Å². The summed E-state index contributed by atoms with van der Waals surface area (Å²) in [5, 5.41) is 0. The Bertz CT molecular complexity index is 934. The highest BCUT2D eigenvalue weighted by molar-refractivity contribution is 7.89. The Morgan fingerprint density at radius 1 is 1.03 bits per heavy atom. The maximum Gasteiger partial charge on any atom is 0.258 e. The van der Waals surface area contributed by atoms with Gasteiger partial charge < -0.3 is 4.90 Å². The second-order valence-electron chi connectivity index (χ2n) is 7.38. The third-order valence-corrected chi connectivity index (χ3v) is 7.42. The van der Waals surface area contributed by atoms with E-state index in [1.807, 2.05) is 30.3 Å². The average molecular weight is 413 g/mol. The molecule has 2 aromatic rings. The molecule has 29 heavy (non-hydrogen) atoms. The minimum atomic E-state index is -3.57. The largest absolute Gasteiger partial charge is 0.305 e. The lowest BCUT2D eigenvalue weighted by Gasteiger charge is -2.30. The van der Waals surface area contributed by atoms with Crippen LogP contribution in [0.5, 0.6) is 0 Å². The Kier molecular flexibility index (Phi) is 6.87. The normalized spacial score (nSPS) is 15.2. The Morgan fingerprint density at radius 3 is 2.24 bits per heavy atom. The quantitative estimate of drug-likeness (QED) is 0.631. The van der Waals surface area contributed by atoms with Crippen LogP contribution in [0, 0.1) is 0 Å². The number of hydrogen-bond acceptors (Lipinski definition) is 3. The molecule has 0 spiro atoms. The molecule has 0 heterocycles. The van der Waals surface area contributed by atoms with Crippen LogP contribution in [0.4, 0.5) is 5.69 Å². The van der Waals surface area contributed by atoms with Gasteiger partial charge in [0.05, 0.1) is 4.90 Å². The fourth-order valence-corrected chi connectivity index (χ4v) is 5.19. The molecule has 0 unspecified atom stereocenters. The average Bonchev–Trinajstić information content (AvgIpc) is 2.77. The fraction of sp³-hybridized carbons (Fsp3) is 0.348. The van der Waals surface area contributed by atoms with Gasteiger partial charge in [0.1, 0.15) is 0 Å². The molecule has 5 nitrogen and oxygen atoms in total. The molecule has 3 rings (SSSR count). The van der Waals surface area contributed by atoms with Gasteiger partial charge in [-0.15, -0.1) is 6.58 Å². The zero-order chi connectivity index (χ0) is 20.9. The highest BCUT2D eigenvalue weighted by Gasteiger charge is 2.29. The summed E-state index contributed by atoms with van der Waals surface area (Å²) in [5.74, 6) is -0.194. The number of para-hydroxylation sites is 1. The minimum Gasteiger partial charge on any atom is -0.305 e. The predicted molar refractivity (Wildman–Crippen MR) is 117 cm³/mol. The van der Waals surface area contributed by atoms with Crippen molar-refractivity contribution in [3.8, 4) is 0 Å². The van der Waals surface area contributed by atoms with E-state index in [9.17, 15) is 13.2 Å². The van der Waals surface area contributed by atoms with Crippen molar-refractivity contribution in [1.29, 1.82) is 0 Å². The van der Waals surface area contributed by atoms with Gasteiger partial charge in [0.25, 0.3) is 5.91 Å². The van der Waals surface area contributed by atoms with E-state index in [4.69, 9.17) is 0 Å². The molecule has 1 fully saturated rings. The Labute approximate surface area is 173 Å². The number of rotatable bonds is 7. The Hall–Kier alpha value is -2.44. The van der Waals surface area contributed by atoms with Gasteiger partial charge in [-0.3, -0.25) is 4.79 Å². The first kappa shape index (κ1) is 21.3. The number of benzene rings is 2. The van der Waals surface area contributed by atoms with Gasteiger partial charge in [0.15, 0.2) is 0 Å². The molecular weight excluding hydrogens is 384 g/mol. The van der Waals surface area contributed by atoms with E-state index in [1.165, 1.54) is 22.9 Å². The maximum atomic E-state index is 13.0. The molecule has 0 saturated heterocycles. The molecular formula is C23H28N2O3S. The van der Waals surface area contributed by atoms with E-state index >= 15 is 0 Å². The minimum absolute atomic E-state index is 0.0521. The first-order valence-corrected chi connectivity index (χ1v) is 11.4. The van der Waals surface area contributed by atoms with Crippen molar-refractivity contribution in [2.45, 2.75) is 43.0 Å². The molecule has 0 aromatic heterocycles. The monoisotopic (exact) mass is 412 g/mol. The molecule has 0 bridgehead atoms. The van der Waals surface area contributed by atoms with E-state index < -0.39 is 10.0 Å². The molecule has 2 aromatic carbocycles. The molecule has 1 aliphatic rings. The molecule has 0 N–H and O–H groups in total. The highest BCUT2D eigenvalue weighted by atomic mass is 32.2. The fourth-order valence-electron chi connectivity index (χ4n) is 3.78. The molecule has 1 amide bonds. The Balaban J connectivity index is 1.81. The lowest BCUT2D eigenvalue weighted by molar-refractivity contribution is 0.0989. The molecule has 0 radical (unpaired) electrons. The van der Waals surface area contributed by atoms with Gasteiger partial charge in [0, 0.05) is 30.9 Å². The van der Waals surface area contributed by atoms with Gasteiger partial charge in [-0.25, -0.2) is 8.42 Å². The van der Waals surface area contributed by atoms with Crippen LogP contribution in [-0.4, -0.2) is 38.3 Å². The maximum absolute atomic E-state index is 13.0. The van der Waals surface area contributed by atoms with Crippen molar-refractivity contribution in [2.75, 3.05) is 18.5 Å². The van der Waals surface area contributed by atoms with Crippen LogP contribution in [0.3, 0.4) is 0 Å². The topological polar surface area (TPSA) is 57.7 Å². The molecule has 0 atom stereocenters. The summed E-state index contributed by atoms with van der Waals surface area (Å²) in [6, 6.07) is 15.6. The summed E-state index contributed by atoms with van der Waals surface area (Å²) >= 11 is 0. The van der Waals surface area contributed by atoms with Gasteiger partial charge in [0.2, 0.25) is 10.0 Å². The summed E-state index contributed by atoms with van der Waals surface area (Å²) in [5.41, 5.74) is 1.21. The van der Waals surface area contributed by atoms with Crippen molar-refractivity contribution in [1.82, 2.24) is 4.31 Å². The third kappa shape index (κ3) is 4.77. The van der Waals surface area contributed by atoms with Crippen molar-refractivity contribution in [3.05, 3.63) is 72.8 Å². The van der Waals surface area contributed by atoms with E-state index in [2.05, 4.69) is 6.58 Å². The standard InChI is InChI=1S/C23H28N2O3S/c1-3-18-25(21-12-8-5-9-13-21)23(26)19-14-16-22(17-15-19)29(27,28)24(2)20-10-6-4-7-11-20/h3,5,8-9,12-17,20H,1,4,6-7,10-11,18H2,2H3. The second kappa shape index (κ2) is 9.37. The first-order valence-electron chi connectivity index (χ1n) is 10.0. The van der Waals surface area contributed by atoms with Crippen LogP contribution in [0.25, 0.3) is 0 Å². The Morgan fingerprint density at radius 2 is 1.66 bits per heavy atom. The molecule has 6 heteroatoms. The lowest BCUT2D eigenvalue weighted by atomic mass is 9.96. The summed E-state index contributed by atoms with van der Waals surface area (Å²) in [6.07, 6.45) is 6.78. The number of nitrogens with zero attached hydrogens (tertiary/aromatic N) is 2. The van der Waals surface area contributed by atoms with Crippen molar-refractivity contribution in [2.24, 2.45) is 0 Å². The van der Waals surface area contributed by atoms with Crippen molar-refractivity contribution in [3.63, 3.8) is 0 Å². The zero-order valence-corrected chi connectivity index (χ0v) is 17.6. The van der Waals surface area contributed by atoms with Crippen LogP contribution in [0.15, 0.2) is 72.1 Å². The number of amides is 1. The number of carbonyl (C=O) groups is 1. The van der Waals surface area contributed by atoms with Gasteiger partial charge in [-0.05, 0) is 49.2 Å². The molecule has 1 saturated carbocycles. The molecule has 154 valence electrons. The first-order chi connectivity index (χ1) is 13.9. The summed E-state index contributed by atoms with van der Waals surface area (Å²) < 4.78 is 27.5. The van der Waals surface area contributed by atoms with Crippen LogP contribution < -0.4 is 4.90 Å². The number of sulfonamides is 1. The van der Waals surface area contributed by atoms with Gasteiger partial charge in [-0.1, -0.05) is 43.5 Å². The van der Waals surface area contributed by atoms with E-state index in [0.29, 0.717) is 12.1 Å². The summed E-state index contributed by atoms with van der Waals surface area (Å²) in [4.78, 5) is 14.8. The van der Waals surface area contributed by atoms with Crippen molar-refractivity contribution < 1.29 is 13.2 Å². The molecule has 0 aliphatic heterocycles. The van der Waals surface area contributed by atoms with Gasteiger partial charge >= 0.3 is 0 Å². The number of carbonyl (C=O) groups excluding carboxylic acids is 1. The lowest BCUT2D eigenvalue weighted by Crippen LogP contribution is -2.38. The van der Waals surface area contributed by atoms with Gasteiger partial charge in [-0.2, -0.15) is 4.31 Å². The SMILES string of the molecule is C=CCN(C(=O)c1ccc(S(=O)(=O)N(C)C2CCCCC2)cc1)c1ccccc1. The number of hydrogen-bond donors (Lipinski definition) is 0. The van der Waals surface area contributed by atoms with Crippen LogP contribution in [0.1, 0.15) is 42.5 Å². The third-order valence-electron chi connectivity index (χ3n) is 5.49. The summed E-state index contributed by atoms with van der Waals surface area (Å²) in [6.45, 7) is 4.10. The second-order valence-corrected chi connectivity index (χ2v) is 9.37. The van der Waals surface area contributed by atoms with E-state index in [-0.39, 0.29) is 16.8 Å². The predicted octanol–water partition coefficient (Wildman–Crippen LogP) is 4.47. The zero-order valence-electron chi connectivity index (χ0n) is 16.8. The summed E-state index contributed by atoms with van der Waals surface area (Å²) in [7, 11) is -1.91.